The number of aliphatic hydroxyl groups excluding tert-OH is 1. The van der Waals surface area contributed by atoms with Gasteiger partial charge in [-0.15, -0.1) is 0 Å². The number of fused-ring (bicyclic) bond motifs is 4. The minimum absolute atomic E-state index is 0.0430. The number of sulfonamides is 1. The van der Waals surface area contributed by atoms with Gasteiger partial charge >= 0.3 is 0 Å². The van der Waals surface area contributed by atoms with E-state index in [1.165, 1.54) is 0 Å². The molecule has 5 atom stereocenters. The van der Waals surface area contributed by atoms with Gasteiger partial charge < -0.3 is 19.8 Å². The number of hydrogen-bond donors (Lipinski definition) is 3. The van der Waals surface area contributed by atoms with E-state index >= 15 is 0 Å². The molecule has 232 valence electrons. The summed E-state index contributed by atoms with van der Waals surface area (Å²) in [5, 5.41) is 22.4. The van der Waals surface area contributed by atoms with E-state index in [2.05, 4.69) is 9.62 Å². The molecule has 2 saturated carbocycles. The van der Waals surface area contributed by atoms with E-state index in [9.17, 15) is 23.4 Å². The van der Waals surface area contributed by atoms with Gasteiger partial charge in [0.1, 0.15) is 12.4 Å². The molecule has 0 spiro atoms. The predicted octanol–water partition coefficient (Wildman–Crippen LogP) is 5.00. The van der Waals surface area contributed by atoms with Crippen molar-refractivity contribution in [2.45, 2.75) is 75.2 Å². The number of anilines is 1. The molecule has 43 heavy (non-hydrogen) atoms. The monoisotopic (exact) mass is 628 g/mol. The van der Waals surface area contributed by atoms with Crippen LogP contribution in [0.4, 0.5) is 5.69 Å². The summed E-state index contributed by atoms with van der Waals surface area (Å²) in [4.78, 5) is 15.6. The number of nitrogens with one attached hydrogen (secondary N) is 1. The van der Waals surface area contributed by atoms with Crippen LogP contribution in [-0.4, -0.2) is 54.6 Å². The summed E-state index contributed by atoms with van der Waals surface area (Å²) < 4.78 is 34.4. The van der Waals surface area contributed by atoms with Gasteiger partial charge in [-0.1, -0.05) is 29.8 Å². The Bertz CT molecular complexity index is 1530. The SMILES string of the molecule is C[C@@]12C[C@H]1C/C=C/[C@](O)(CCO)[C@@H]1CC[C@H]1CN1CCCCc3cc(Cl)ccc3COc3ccc(cc31)C(=O)NS2(=O)=O. The number of ether oxygens (including phenoxy) is 1. The largest absolute Gasteiger partial charge is 0.487 e. The molecule has 0 radical (unpaired) electrons. The molecule has 8 nitrogen and oxygen atoms in total. The van der Waals surface area contributed by atoms with E-state index < -0.39 is 26.3 Å². The van der Waals surface area contributed by atoms with Gasteiger partial charge in [-0.2, -0.15) is 0 Å². The summed E-state index contributed by atoms with van der Waals surface area (Å²) in [7, 11) is -3.95. The number of carbonyl (C=O) groups excluding carboxylic acids is 1. The molecule has 2 bridgehead atoms. The highest BCUT2D eigenvalue weighted by Crippen LogP contribution is 2.52. The number of halogens is 1. The number of aryl methyl sites for hydroxylation is 1. The van der Waals surface area contributed by atoms with Crippen molar-refractivity contribution in [3.8, 4) is 5.75 Å². The van der Waals surface area contributed by atoms with Crippen LogP contribution in [0.5, 0.6) is 5.75 Å². The van der Waals surface area contributed by atoms with Crippen molar-refractivity contribution in [1.29, 1.82) is 0 Å². The molecule has 0 aromatic heterocycles. The normalized spacial score (nSPS) is 32.8. The van der Waals surface area contributed by atoms with Crippen molar-refractivity contribution >= 4 is 33.2 Å². The smallest absolute Gasteiger partial charge is 0.264 e. The van der Waals surface area contributed by atoms with Gasteiger partial charge in [-0.25, -0.2) is 13.1 Å². The van der Waals surface area contributed by atoms with Crippen molar-refractivity contribution in [3.05, 3.63) is 70.3 Å². The number of carbonyl (C=O) groups is 1. The lowest BCUT2D eigenvalue weighted by molar-refractivity contribution is -0.0581. The van der Waals surface area contributed by atoms with Crippen molar-refractivity contribution in [3.63, 3.8) is 0 Å². The standard InChI is InChI=1S/C33H41ClN2O6S/c1-32-19-26(32)6-4-13-33(39,14-16-37)28-11-8-24(28)20-36-15-3-2-5-22-17-27(34)10-7-25(22)21-42-30-12-9-23(18-29(30)36)31(38)35-43(32,40)41/h4,7,9-10,12-13,17-18,24,26,28,37,39H,2-3,5-6,8,11,14-16,19-21H2,1H3,(H,35,38)/b13-4+/t24-,26+,28+,32+,33-/m0/s1. The number of benzene rings is 2. The average Bonchev–Trinajstić information content (AvgIpc) is 3.62. The zero-order valence-electron chi connectivity index (χ0n) is 24.6. The molecule has 0 unspecified atom stereocenters. The molecule has 0 saturated heterocycles. The molecule has 2 aliphatic carbocycles. The predicted molar refractivity (Wildman–Crippen MR) is 167 cm³/mol. The number of rotatable bonds is 2. The first-order valence-corrected chi connectivity index (χ1v) is 17.3. The van der Waals surface area contributed by atoms with Gasteiger partial charge in [0, 0.05) is 36.7 Å². The van der Waals surface area contributed by atoms with E-state index in [4.69, 9.17) is 16.3 Å². The maximum Gasteiger partial charge on any atom is 0.264 e. The van der Waals surface area contributed by atoms with Gasteiger partial charge in [-0.3, -0.25) is 4.79 Å². The summed E-state index contributed by atoms with van der Waals surface area (Å²) in [5.41, 5.74) is 2.02. The first-order valence-electron chi connectivity index (χ1n) is 15.4. The minimum Gasteiger partial charge on any atom is -0.487 e. The highest BCUT2D eigenvalue weighted by atomic mass is 35.5. The Morgan fingerprint density at radius 3 is 2.74 bits per heavy atom. The average molecular weight is 629 g/mol. The Hall–Kier alpha value is -2.59. The van der Waals surface area contributed by atoms with Crippen molar-refractivity contribution in [2.75, 3.05) is 24.6 Å². The number of amides is 1. The third-order valence-electron chi connectivity index (χ3n) is 10.3. The third kappa shape index (κ3) is 5.93. The van der Waals surface area contributed by atoms with Crippen molar-refractivity contribution < 1.29 is 28.2 Å². The van der Waals surface area contributed by atoms with E-state index in [1.54, 1.807) is 31.2 Å². The topological polar surface area (TPSA) is 116 Å². The fourth-order valence-corrected chi connectivity index (χ4v) is 8.95. The second-order valence-electron chi connectivity index (χ2n) is 13.0. The van der Waals surface area contributed by atoms with Gasteiger partial charge in [0.2, 0.25) is 10.0 Å². The Labute approximate surface area is 259 Å². The first kappa shape index (κ1) is 30.4. The summed E-state index contributed by atoms with van der Waals surface area (Å²) in [6.07, 6.45) is 9.27. The van der Waals surface area contributed by atoms with Gasteiger partial charge in [-0.05, 0) is 111 Å². The van der Waals surface area contributed by atoms with Crippen LogP contribution in [0, 0.1) is 17.8 Å². The molecule has 6 rings (SSSR count). The van der Waals surface area contributed by atoms with Crippen LogP contribution in [0.3, 0.4) is 0 Å². The molecular weight excluding hydrogens is 588 g/mol. The third-order valence-corrected chi connectivity index (χ3v) is 12.7. The highest BCUT2D eigenvalue weighted by Gasteiger charge is 2.60. The lowest BCUT2D eigenvalue weighted by Gasteiger charge is -2.48. The fourth-order valence-electron chi connectivity index (χ4n) is 7.21. The maximum atomic E-state index is 13.4. The lowest BCUT2D eigenvalue weighted by atomic mass is 9.63. The Morgan fingerprint density at radius 2 is 1.98 bits per heavy atom. The molecule has 2 fully saturated rings. The number of hydrogen-bond acceptors (Lipinski definition) is 7. The van der Waals surface area contributed by atoms with E-state index in [1.807, 2.05) is 24.3 Å². The van der Waals surface area contributed by atoms with Crippen LogP contribution in [0.15, 0.2) is 48.6 Å². The summed E-state index contributed by atoms with van der Waals surface area (Å²) in [5.74, 6) is -0.0679. The molecule has 2 aromatic carbocycles. The van der Waals surface area contributed by atoms with E-state index in [-0.39, 0.29) is 36.3 Å². The van der Waals surface area contributed by atoms with Gasteiger partial charge in [0.15, 0.2) is 0 Å². The molecule has 10 heteroatoms. The lowest BCUT2D eigenvalue weighted by Crippen LogP contribution is -2.50. The van der Waals surface area contributed by atoms with Crippen molar-refractivity contribution in [1.82, 2.24) is 4.72 Å². The minimum atomic E-state index is -3.95. The Kier molecular flexibility index (Phi) is 8.30. The van der Waals surface area contributed by atoms with Crippen LogP contribution < -0.4 is 14.4 Å². The van der Waals surface area contributed by atoms with Crippen molar-refractivity contribution in [2.24, 2.45) is 17.8 Å². The van der Waals surface area contributed by atoms with Crippen LogP contribution in [-0.2, 0) is 23.1 Å². The maximum absolute atomic E-state index is 13.4. The number of allylic oxidation sites excluding steroid dienone is 1. The second-order valence-corrected chi connectivity index (χ2v) is 15.6. The molecular formula is C33H41ClN2O6S. The zero-order chi connectivity index (χ0) is 30.4. The first-order chi connectivity index (χ1) is 20.5. The summed E-state index contributed by atoms with van der Waals surface area (Å²) in [6.45, 7) is 3.21. The van der Waals surface area contributed by atoms with Gasteiger partial charge in [0.05, 0.1) is 16.0 Å². The van der Waals surface area contributed by atoms with Crippen LogP contribution in [0.1, 0.15) is 73.4 Å². The summed E-state index contributed by atoms with van der Waals surface area (Å²) >= 11 is 6.31. The van der Waals surface area contributed by atoms with Gasteiger partial charge in [0.25, 0.3) is 5.91 Å². The number of aliphatic hydroxyl groups is 2. The second kappa shape index (κ2) is 11.7. The van der Waals surface area contributed by atoms with Crippen LogP contribution in [0.25, 0.3) is 0 Å². The zero-order valence-corrected chi connectivity index (χ0v) is 26.2. The molecule has 2 aromatic rings. The Morgan fingerprint density at radius 1 is 1.14 bits per heavy atom. The van der Waals surface area contributed by atoms with E-state index in [0.29, 0.717) is 43.3 Å². The quantitative estimate of drug-likeness (QED) is 0.401. The molecule has 2 heterocycles. The van der Waals surface area contributed by atoms with E-state index in [0.717, 1.165) is 48.9 Å². The fraction of sp³-hybridized carbons (Fsp3) is 0.545. The van der Waals surface area contributed by atoms with Crippen LogP contribution in [0.2, 0.25) is 5.02 Å². The molecule has 3 N–H and O–H groups in total. The van der Waals surface area contributed by atoms with Crippen LogP contribution >= 0.6 is 11.6 Å². The molecule has 2 aliphatic heterocycles. The molecule has 4 aliphatic rings. The number of nitrogens with zero attached hydrogens (tertiary/aromatic N) is 1. The highest BCUT2D eigenvalue weighted by molar-refractivity contribution is 7.91. The Balaban J connectivity index is 1.40. The summed E-state index contributed by atoms with van der Waals surface area (Å²) in [6, 6.07) is 11.0. The molecule has 1 amide bonds.